The zero-order chi connectivity index (χ0) is 11.5. The normalized spacial score (nSPS) is 14.9. The minimum absolute atomic E-state index is 0.308. The molecule has 1 fully saturated rings. The minimum Gasteiger partial charge on any atom is -0.338 e. The molecule has 0 heterocycles. The molecule has 3 heteroatoms. The van der Waals surface area contributed by atoms with Gasteiger partial charge in [-0.15, -0.1) is 0 Å². The molecule has 0 bridgehead atoms. The average molecular weight is 282 g/mol. The zero-order valence-corrected chi connectivity index (χ0v) is 11.0. The van der Waals surface area contributed by atoms with Gasteiger partial charge in [0, 0.05) is 23.5 Å². The van der Waals surface area contributed by atoms with Crippen LogP contribution in [0.15, 0.2) is 28.7 Å². The summed E-state index contributed by atoms with van der Waals surface area (Å²) < 4.78 is 1.08. The minimum atomic E-state index is 0.308. The van der Waals surface area contributed by atoms with E-state index in [4.69, 9.17) is 0 Å². The number of hydrogen-bond acceptors (Lipinski definition) is 1. The van der Waals surface area contributed by atoms with Gasteiger partial charge in [0.25, 0.3) is 0 Å². The van der Waals surface area contributed by atoms with E-state index >= 15 is 0 Å². The Balaban J connectivity index is 2.06. The zero-order valence-electron chi connectivity index (χ0n) is 9.45. The van der Waals surface area contributed by atoms with E-state index in [2.05, 4.69) is 22.0 Å². The number of hydrogen-bond donors (Lipinski definition) is 0. The van der Waals surface area contributed by atoms with Gasteiger partial charge in [0.05, 0.1) is 0 Å². The molecule has 2 rings (SSSR count). The van der Waals surface area contributed by atoms with E-state index in [-0.39, 0.29) is 0 Å². The van der Waals surface area contributed by atoms with Gasteiger partial charge in [0.1, 0.15) is 0 Å². The maximum absolute atomic E-state index is 12.0. The Morgan fingerprint density at radius 1 is 1.44 bits per heavy atom. The number of halogens is 1. The van der Waals surface area contributed by atoms with E-state index in [0.717, 1.165) is 23.9 Å². The fourth-order valence-electron chi connectivity index (χ4n) is 1.77. The maximum Gasteiger partial charge on any atom is 0.225 e. The number of rotatable bonds is 4. The standard InChI is InChI=1S/C13H16BrNO/c1-2-15(13(16)10-7-8-10)9-11-5-3-4-6-12(11)14/h3-6,10H,2,7-9H2,1H3. The first-order valence-corrected chi connectivity index (χ1v) is 6.54. The molecule has 2 nitrogen and oxygen atoms in total. The van der Waals surface area contributed by atoms with Gasteiger partial charge < -0.3 is 4.90 Å². The molecular weight excluding hydrogens is 266 g/mol. The van der Waals surface area contributed by atoms with Crippen molar-refractivity contribution in [2.75, 3.05) is 6.54 Å². The van der Waals surface area contributed by atoms with Crippen LogP contribution in [0.2, 0.25) is 0 Å². The Kier molecular flexibility index (Phi) is 3.64. The van der Waals surface area contributed by atoms with Crippen molar-refractivity contribution in [2.45, 2.75) is 26.3 Å². The summed E-state index contributed by atoms with van der Waals surface area (Å²) in [6, 6.07) is 8.08. The number of benzene rings is 1. The monoisotopic (exact) mass is 281 g/mol. The lowest BCUT2D eigenvalue weighted by Gasteiger charge is -2.21. The van der Waals surface area contributed by atoms with E-state index in [1.54, 1.807) is 0 Å². The van der Waals surface area contributed by atoms with Crippen LogP contribution in [0, 0.1) is 5.92 Å². The highest BCUT2D eigenvalue weighted by Crippen LogP contribution is 2.31. The van der Waals surface area contributed by atoms with Gasteiger partial charge in [-0.2, -0.15) is 0 Å². The Morgan fingerprint density at radius 2 is 2.12 bits per heavy atom. The van der Waals surface area contributed by atoms with Crippen molar-refractivity contribution in [3.05, 3.63) is 34.3 Å². The fraction of sp³-hybridized carbons (Fsp3) is 0.462. The quantitative estimate of drug-likeness (QED) is 0.830. The van der Waals surface area contributed by atoms with E-state index < -0.39 is 0 Å². The van der Waals surface area contributed by atoms with Gasteiger partial charge >= 0.3 is 0 Å². The predicted octanol–water partition coefficient (Wildman–Crippen LogP) is 3.21. The van der Waals surface area contributed by atoms with Crippen molar-refractivity contribution >= 4 is 21.8 Å². The van der Waals surface area contributed by atoms with Crippen LogP contribution in [0.25, 0.3) is 0 Å². The summed E-state index contributed by atoms with van der Waals surface area (Å²) in [5, 5.41) is 0. The predicted molar refractivity (Wildman–Crippen MR) is 68.0 cm³/mol. The molecule has 0 radical (unpaired) electrons. The molecule has 0 N–H and O–H groups in total. The van der Waals surface area contributed by atoms with Crippen LogP contribution in [-0.4, -0.2) is 17.4 Å². The van der Waals surface area contributed by atoms with Crippen molar-refractivity contribution in [2.24, 2.45) is 5.92 Å². The first kappa shape index (κ1) is 11.6. The van der Waals surface area contributed by atoms with E-state index in [0.29, 0.717) is 18.4 Å². The molecule has 16 heavy (non-hydrogen) atoms. The van der Waals surface area contributed by atoms with Gasteiger partial charge in [-0.1, -0.05) is 34.1 Å². The average Bonchev–Trinajstić information content (AvgIpc) is 3.11. The SMILES string of the molecule is CCN(Cc1ccccc1Br)C(=O)C1CC1. The highest BCUT2D eigenvalue weighted by atomic mass is 79.9. The molecule has 1 aliphatic rings. The molecule has 0 spiro atoms. The molecule has 0 aromatic heterocycles. The molecule has 0 unspecified atom stereocenters. The fourth-order valence-corrected chi connectivity index (χ4v) is 2.18. The molecule has 0 saturated heterocycles. The van der Waals surface area contributed by atoms with Crippen molar-refractivity contribution in [1.29, 1.82) is 0 Å². The van der Waals surface area contributed by atoms with Gasteiger partial charge in [-0.25, -0.2) is 0 Å². The van der Waals surface area contributed by atoms with Crippen LogP contribution in [0.1, 0.15) is 25.3 Å². The molecule has 1 saturated carbocycles. The van der Waals surface area contributed by atoms with Gasteiger partial charge in [-0.3, -0.25) is 4.79 Å². The molecular formula is C13H16BrNO. The summed E-state index contributed by atoms with van der Waals surface area (Å²) in [4.78, 5) is 13.9. The molecule has 1 aliphatic carbocycles. The van der Waals surface area contributed by atoms with Crippen LogP contribution in [0.4, 0.5) is 0 Å². The number of amides is 1. The maximum atomic E-state index is 12.0. The van der Waals surface area contributed by atoms with E-state index in [1.807, 2.05) is 30.0 Å². The number of nitrogens with zero attached hydrogens (tertiary/aromatic N) is 1. The largest absolute Gasteiger partial charge is 0.338 e. The summed E-state index contributed by atoms with van der Waals surface area (Å²) in [6.07, 6.45) is 2.15. The summed E-state index contributed by atoms with van der Waals surface area (Å²) in [7, 11) is 0. The van der Waals surface area contributed by atoms with Crippen molar-refractivity contribution < 1.29 is 4.79 Å². The number of carbonyl (C=O) groups excluding carboxylic acids is 1. The molecule has 0 aliphatic heterocycles. The van der Waals surface area contributed by atoms with Crippen molar-refractivity contribution in [3.63, 3.8) is 0 Å². The Morgan fingerprint density at radius 3 is 2.69 bits per heavy atom. The topological polar surface area (TPSA) is 20.3 Å². The summed E-state index contributed by atoms with van der Waals surface area (Å²) in [5.41, 5.74) is 1.18. The third-order valence-electron chi connectivity index (χ3n) is 2.94. The summed E-state index contributed by atoms with van der Waals surface area (Å²) in [5.74, 6) is 0.626. The molecule has 1 aromatic carbocycles. The second kappa shape index (κ2) is 5.00. The Labute approximate surface area is 105 Å². The molecule has 86 valence electrons. The van der Waals surface area contributed by atoms with Crippen molar-refractivity contribution in [3.8, 4) is 0 Å². The lowest BCUT2D eigenvalue weighted by molar-refractivity contribution is -0.132. The summed E-state index contributed by atoms with van der Waals surface area (Å²) >= 11 is 3.52. The van der Waals surface area contributed by atoms with E-state index in [1.165, 1.54) is 5.56 Å². The van der Waals surface area contributed by atoms with E-state index in [9.17, 15) is 4.79 Å². The van der Waals surface area contributed by atoms with Crippen LogP contribution in [0.3, 0.4) is 0 Å². The first-order valence-electron chi connectivity index (χ1n) is 5.74. The lowest BCUT2D eigenvalue weighted by atomic mass is 10.2. The van der Waals surface area contributed by atoms with Crippen LogP contribution >= 0.6 is 15.9 Å². The van der Waals surface area contributed by atoms with Crippen molar-refractivity contribution in [1.82, 2.24) is 4.90 Å². The lowest BCUT2D eigenvalue weighted by Crippen LogP contribution is -2.31. The van der Waals surface area contributed by atoms with Crippen LogP contribution in [0.5, 0.6) is 0 Å². The molecule has 1 aromatic rings. The smallest absolute Gasteiger partial charge is 0.225 e. The summed E-state index contributed by atoms with van der Waals surface area (Å²) in [6.45, 7) is 3.54. The highest BCUT2D eigenvalue weighted by Gasteiger charge is 2.32. The van der Waals surface area contributed by atoms with Crippen LogP contribution < -0.4 is 0 Å². The second-order valence-electron chi connectivity index (χ2n) is 4.22. The van der Waals surface area contributed by atoms with Gasteiger partial charge in [-0.05, 0) is 31.4 Å². The van der Waals surface area contributed by atoms with Gasteiger partial charge in [0.2, 0.25) is 5.91 Å². The molecule has 1 amide bonds. The number of carbonyl (C=O) groups is 1. The third kappa shape index (κ3) is 2.64. The molecule has 0 atom stereocenters. The second-order valence-corrected chi connectivity index (χ2v) is 5.07. The van der Waals surface area contributed by atoms with Gasteiger partial charge in [0.15, 0.2) is 0 Å². The Hall–Kier alpha value is -0.830. The first-order chi connectivity index (χ1) is 7.72. The Bertz CT molecular complexity index is 387. The third-order valence-corrected chi connectivity index (χ3v) is 3.71. The highest BCUT2D eigenvalue weighted by molar-refractivity contribution is 9.10. The van der Waals surface area contributed by atoms with Crippen LogP contribution in [-0.2, 0) is 11.3 Å².